The lowest BCUT2D eigenvalue weighted by Crippen LogP contribution is -2.68. The molecule has 0 aromatic heterocycles. The Morgan fingerprint density at radius 3 is 2.02 bits per heavy atom. The fourth-order valence-corrected chi connectivity index (χ4v) is 14.4. The number of carboxylic acids is 1. The van der Waals surface area contributed by atoms with Gasteiger partial charge < -0.3 is 59.8 Å². The van der Waals surface area contributed by atoms with E-state index < -0.39 is 96.9 Å². The SMILES string of the molecule is C=C(C)C1CCC2(C(=O)OC3OC(CO)C(O)C(O)C3O)CCC3(C)C(CCC4C5(C)CCC(OC6OC(C(=O)O)C(O)C(O)C6O)C(C)(C)C5CCC43C)C12. The maximum absolute atomic E-state index is 14.6. The third kappa shape index (κ3) is 6.01. The molecule has 0 spiro atoms. The Morgan fingerprint density at radius 2 is 1.38 bits per heavy atom. The summed E-state index contributed by atoms with van der Waals surface area (Å²) in [6.07, 6.45) is -8.19. The number of carbonyl (C=O) groups is 2. The number of rotatable bonds is 7. The van der Waals surface area contributed by atoms with Crippen LogP contribution in [0.15, 0.2) is 12.2 Å². The number of aliphatic hydroxyl groups excluding tert-OH is 7. The monoisotopic (exact) mass is 794 g/mol. The minimum absolute atomic E-state index is 0.0505. The molecule has 7 rings (SSSR count). The molecule has 14 nitrogen and oxygen atoms in total. The van der Waals surface area contributed by atoms with Gasteiger partial charge in [0.25, 0.3) is 0 Å². The van der Waals surface area contributed by atoms with Gasteiger partial charge >= 0.3 is 11.9 Å². The lowest BCUT2D eigenvalue weighted by atomic mass is 9.32. The predicted molar refractivity (Wildman–Crippen MR) is 198 cm³/mol. The van der Waals surface area contributed by atoms with E-state index in [-0.39, 0.29) is 39.9 Å². The second-order valence-corrected chi connectivity index (χ2v) is 20.2. The van der Waals surface area contributed by atoms with E-state index in [0.29, 0.717) is 25.2 Å². The molecule has 7 aliphatic rings. The Labute approximate surface area is 329 Å². The normalized spacial score (nSPS) is 53.8. The first-order valence-electron chi connectivity index (χ1n) is 20.9. The van der Waals surface area contributed by atoms with Crippen molar-refractivity contribution < 1.29 is 69.4 Å². The summed E-state index contributed by atoms with van der Waals surface area (Å²) in [4.78, 5) is 26.4. The summed E-state index contributed by atoms with van der Waals surface area (Å²) in [5.74, 6) is -1.09. The number of aliphatic carboxylic acids is 1. The molecular weight excluding hydrogens is 728 g/mol. The van der Waals surface area contributed by atoms with E-state index in [2.05, 4.69) is 41.2 Å². The third-order valence-electron chi connectivity index (χ3n) is 17.6. The van der Waals surface area contributed by atoms with Crippen LogP contribution in [0.4, 0.5) is 0 Å². The third-order valence-corrected chi connectivity index (χ3v) is 17.6. The van der Waals surface area contributed by atoms with Gasteiger partial charge in [-0.05, 0) is 122 Å². The van der Waals surface area contributed by atoms with Gasteiger partial charge in [0.05, 0.1) is 18.1 Å². The molecule has 5 aliphatic carbocycles. The summed E-state index contributed by atoms with van der Waals surface area (Å²) in [5, 5.41) is 82.4. The van der Waals surface area contributed by atoms with Crippen LogP contribution in [0.5, 0.6) is 0 Å². The molecule has 0 radical (unpaired) electrons. The maximum atomic E-state index is 14.6. The first kappa shape index (κ1) is 42.4. The van der Waals surface area contributed by atoms with Gasteiger partial charge in [0.2, 0.25) is 6.29 Å². The number of esters is 1. The minimum atomic E-state index is -1.79. The number of fused-ring (bicyclic) bond motifs is 7. The zero-order valence-electron chi connectivity index (χ0n) is 33.8. The van der Waals surface area contributed by atoms with Crippen molar-refractivity contribution in [1.29, 1.82) is 0 Å². The summed E-state index contributed by atoms with van der Waals surface area (Å²) in [7, 11) is 0. The van der Waals surface area contributed by atoms with Crippen LogP contribution in [-0.4, -0.2) is 127 Å². The molecule has 8 N–H and O–H groups in total. The number of allylic oxidation sites excluding steroid dienone is 1. The van der Waals surface area contributed by atoms with E-state index in [4.69, 9.17) is 18.9 Å². The summed E-state index contributed by atoms with van der Waals surface area (Å²) in [6.45, 7) is 17.5. The quantitative estimate of drug-likeness (QED) is 0.105. The molecule has 14 heteroatoms. The van der Waals surface area contributed by atoms with E-state index in [0.717, 1.165) is 50.5 Å². The van der Waals surface area contributed by atoms with Crippen LogP contribution < -0.4 is 0 Å². The minimum Gasteiger partial charge on any atom is -0.479 e. The summed E-state index contributed by atoms with van der Waals surface area (Å²) < 4.78 is 23.6. The molecule has 318 valence electrons. The zero-order chi connectivity index (χ0) is 41.1. The first-order valence-corrected chi connectivity index (χ1v) is 20.9. The summed E-state index contributed by atoms with van der Waals surface area (Å²) >= 11 is 0. The Morgan fingerprint density at radius 1 is 0.714 bits per heavy atom. The molecule has 20 atom stereocenters. The lowest BCUT2D eigenvalue weighted by molar-refractivity contribution is -0.326. The van der Waals surface area contributed by atoms with Crippen LogP contribution in [0, 0.1) is 56.7 Å². The maximum Gasteiger partial charge on any atom is 0.335 e. The molecule has 56 heavy (non-hydrogen) atoms. The van der Waals surface area contributed by atoms with Gasteiger partial charge in [-0.25, -0.2) is 4.79 Å². The summed E-state index contributed by atoms with van der Waals surface area (Å²) in [5.41, 5.74) is -0.480. The highest BCUT2D eigenvalue weighted by Gasteiger charge is 2.72. The molecule has 0 bridgehead atoms. The van der Waals surface area contributed by atoms with Crippen molar-refractivity contribution in [3.8, 4) is 0 Å². The first-order chi connectivity index (χ1) is 26.1. The van der Waals surface area contributed by atoms with Gasteiger partial charge in [-0.15, -0.1) is 0 Å². The Bertz CT molecular complexity index is 1540. The van der Waals surface area contributed by atoms with Crippen molar-refractivity contribution in [2.75, 3.05) is 6.61 Å². The van der Waals surface area contributed by atoms with Crippen molar-refractivity contribution >= 4 is 11.9 Å². The second kappa shape index (κ2) is 14.5. The highest BCUT2D eigenvalue weighted by atomic mass is 16.7. The van der Waals surface area contributed by atoms with Crippen molar-refractivity contribution in [3.63, 3.8) is 0 Å². The van der Waals surface area contributed by atoms with Gasteiger partial charge in [0, 0.05) is 0 Å². The average molecular weight is 795 g/mol. The van der Waals surface area contributed by atoms with Crippen LogP contribution in [0.3, 0.4) is 0 Å². The second-order valence-electron chi connectivity index (χ2n) is 20.2. The van der Waals surface area contributed by atoms with Crippen LogP contribution >= 0.6 is 0 Å². The Kier molecular flexibility index (Phi) is 11.0. The molecule has 5 saturated carbocycles. The standard InChI is InChI=1S/C42H66O14/c1-19(2)20-10-15-42(37(52)56-35-31(48)28(45)27(44)22(18-43)53-35)17-16-40(6)21(26(20)42)8-9-24-39(5)13-12-25(38(3,4)23(39)11-14-41(24,40)7)54-36-32(49)29(46)30(47)33(55-36)34(50)51/h20-33,35-36,43-49H,1,8-18H2,2-7H3,(H,50,51). The van der Waals surface area contributed by atoms with Crippen molar-refractivity contribution in [1.82, 2.24) is 0 Å². The predicted octanol–water partition coefficient (Wildman–Crippen LogP) is 2.26. The smallest absolute Gasteiger partial charge is 0.335 e. The van der Waals surface area contributed by atoms with Gasteiger partial charge in [-0.2, -0.15) is 0 Å². The van der Waals surface area contributed by atoms with Gasteiger partial charge in [-0.1, -0.05) is 46.8 Å². The van der Waals surface area contributed by atoms with Crippen LogP contribution in [0.25, 0.3) is 0 Å². The number of hydrogen-bond donors (Lipinski definition) is 8. The number of ether oxygens (including phenoxy) is 4. The van der Waals surface area contributed by atoms with Crippen molar-refractivity contribution in [2.45, 2.75) is 173 Å². The molecular formula is C42H66O14. The number of carbonyl (C=O) groups excluding carboxylic acids is 1. The lowest BCUT2D eigenvalue weighted by Gasteiger charge is -2.73. The zero-order valence-corrected chi connectivity index (χ0v) is 33.8. The van der Waals surface area contributed by atoms with E-state index in [1.807, 2.05) is 6.92 Å². The molecule has 2 heterocycles. The van der Waals surface area contributed by atoms with Crippen LogP contribution in [-0.2, 0) is 28.5 Å². The molecule has 2 saturated heterocycles. The number of hydrogen-bond acceptors (Lipinski definition) is 13. The van der Waals surface area contributed by atoms with Crippen molar-refractivity contribution in [3.05, 3.63) is 12.2 Å². The molecule has 7 fully saturated rings. The fraction of sp³-hybridized carbons (Fsp3) is 0.905. The summed E-state index contributed by atoms with van der Waals surface area (Å²) in [6, 6.07) is 0. The molecule has 20 unspecified atom stereocenters. The molecule has 0 amide bonds. The fourth-order valence-electron chi connectivity index (χ4n) is 14.4. The molecule has 0 aromatic rings. The highest BCUT2D eigenvalue weighted by molar-refractivity contribution is 5.78. The Hall–Kier alpha value is -1.72. The molecule has 2 aliphatic heterocycles. The topological polar surface area (TPSA) is 233 Å². The van der Waals surface area contributed by atoms with E-state index in [1.54, 1.807) is 0 Å². The number of carboxylic acid groups (broad SMARTS) is 1. The largest absolute Gasteiger partial charge is 0.479 e. The van der Waals surface area contributed by atoms with Gasteiger partial charge in [-0.3, -0.25) is 4.79 Å². The molecule has 0 aromatic carbocycles. The van der Waals surface area contributed by atoms with Crippen molar-refractivity contribution in [2.24, 2.45) is 56.7 Å². The van der Waals surface area contributed by atoms with E-state index >= 15 is 0 Å². The highest BCUT2D eigenvalue weighted by Crippen LogP contribution is 2.77. The Balaban J connectivity index is 1.13. The average Bonchev–Trinajstić information content (AvgIpc) is 3.54. The van der Waals surface area contributed by atoms with E-state index in [9.17, 15) is 50.4 Å². The van der Waals surface area contributed by atoms with Gasteiger partial charge in [0.15, 0.2) is 12.4 Å². The van der Waals surface area contributed by atoms with Crippen LogP contribution in [0.2, 0.25) is 0 Å². The number of aliphatic hydroxyl groups is 7. The van der Waals surface area contributed by atoms with Gasteiger partial charge in [0.1, 0.15) is 42.7 Å². The van der Waals surface area contributed by atoms with E-state index in [1.165, 1.54) is 0 Å². The van der Waals surface area contributed by atoms with Crippen LogP contribution in [0.1, 0.15) is 106 Å².